The number of nitrogens with one attached hydrogen (secondary N) is 1. The molecule has 19 heavy (non-hydrogen) atoms. The van der Waals surface area contributed by atoms with Crippen LogP contribution in [0.4, 0.5) is 0 Å². The van der Waals surface area contributed by atoms with Crippen LogP contribution < -0.4 is 0 Å². The van der Waals surface area contributed by atoms with Gasteiger partial charge in [-0.3, -0.25) is 10.1 Å². The Morgan fingerprint density at radius 3 is 2.84 bits per heavy atom. The molecule has 1 aliphatic heterocycles. The van der Waals surface area contributed by atoms with E-state index in [-0.39, 0.29) is 0 Å². The van der Waals surface area contributed by atoms with E-state index in [4.69, 9.17) is 5.41 Å². The van der Waals surface area contributed by atoms with Crippen LogP contribution in [0.1, 0.15) is 29.3 Å². The Morgan fingerprint density at radius 2 is 2.11 bits per heavy atom. The van der Waals surface area contributed by atoms with E-state index in [1.54, 1.807) is 0 Å². The molecular formula is C15H18N4. The quantitative estimate of drug-likeness (QED) is 0.913. The normalized spacial score (nSPS) is 14.0. The smallest absolute Gasteiger partial charge is 0.129 e. The van der Waals surface area contributed by atoms with Gasteiger partial charge in [-0.1, -0.05) is 31.2 Å². The average molecular weight is 254 g/mol. The highest BCUT2D eigenvalue weighted by atomic mass is 15.3. The van der Waals surface area contributed by atoms with E-state index < -0.39 is 0 Å². The van der Waals surface area contributed by atoms with E-state index in [1.165, 1.54) is 11.1 Å². The minimum absolute atomic E-state index is 0.626. The van der Waals surface area contributed by atoms with Crippen molar-refractivity contribution in [2.75, 3.05) is 0 Å². The molecule has 3 rings (SSSR count). The van der Waals surface area contributed by atoms with E-state index in [2.05, 4.69) is 29.2 Å². The summed E-state index contributed by atoms with van der Waals surface area (Å²) in [5.74, 6) is 0.626. The zero-order chi connectivity index (χ0) is 13.4. The fourth-order valence-electron chi connectivity index (χ4n) is 2.70. The van der Waals surface area contributed by atoms with Gasteiger partial charge in [0.15, 0.2) is 0 Å². The topological polar surface area (TPSA) is 44.9 Å². The first-order valence-electron chi connectivity index (χ1n) is 6.62. The largest absolute Gasteiger partial charge is 0.348 e. The highest BCUT2D eigenvalue weighted by molar-refractivity contribution is 6.00. The number of benzene rings is 1. The van der Waals surface area contributed by atoms with Crippen LogP contribution in [0.25, 0.3) is 0 Å². The molecule has 0 aliphatic carbocycles. The first-order chi connectivity index (χ1) is 9.19. The summed E-state index contributed by atoms with van der Waals surface area (Å²) in [5, 5.41) is 12.7. The van der Waals surface area contributed by atoms with Crippen LogP contribution in [-0.4, -0.2) is 20.5 Å². The second-order valence-corrected chi connectivity index (χ2v) is 4.99. The van der Waals surface area contributed by atoms with Crippen LogP contribution in [0, 0.1) is 5.41 Å². The number of aryl methyl sites for hydroxylation is 2. The maximum absolute atomic E-state index is 8.27. The lowest BCUT2D eigenvalue weighted by Crippen LogP contribution is -2.23. The Balaban J connectivity index is 1.84. The molecule has 1 N–H and O–H groups in total. The molecular weight excluding hydrogens is 236 g/mol. The van der Waals surface area contributed by atoms with E-state index >= 15 is 0 Å². The number of aromatic nitrogens is 2. The second kappa shape index (κ2) is 4.53. The highest BCUT2D eigenvalue weighted by Crippen LogP contribution is 2.24. The molecule has 0 spiro atoms. The summed E-state index contributed by atoms with van der Waals surface area (Å²) in [5.41, 5.74) is 4.66. The molecule has 2 aromatic rings. The number of amidine groups is 1. The fraction of sp³-hybridized carbons (Fsp3) is 0.333. The Labute approximate surface area is 113 Å². The van der Waals surface area contributed by atoms with Gasteiger partial charge in [0.05, 0.1) is 5.69 Å². The van der Waals surface area contributed by atoms with Gasteiger partial charge >= 0.3 is 0 Å². The Bertz CT molecular complexity index is 627. The van der Waals surface area contributed by atoms with Crippen molar-refractivity contribution in [1.82, 2.24) is 14.7 Å². The zero-order valence-electron chi connectivity index (χ0n) is 11.3. The number of hydrogen-bond donors (Lipinski definition) is 1. The predicted molar refractivity (Wildman–Crippen MR) is 75.1 cm³/mol. The maximum Gasteiger partial charge on any atom is 0.129 e. The molecule has 0 unspecified atom stereocenters. The number of hydrogen-bond acceptors (Lipinski definition) is 2. The van der Waals surface area contributed by atoms with Gasteiger partial charge in [-0.15, -0.1) is 0 Å². The second-order valence-electron chi connectivity index (χ2n) is 4.99. The minimum Gasteiger partial charge on any atom is -0.348 e. The van der Waals surface area contributed by atoms with E-state index in [0.29, 0.717) is 5.84 Å². The molecule has 0 radical (unpaired) electrons. The van der Waals surface area contributed by atoms with Gasteiger partial charge in [0.1, 0.15) is 5.84 Å². The van der Waals surface area contributed by atoms with Gasteiger partial charge in [-0.2, -0.15) is 5.10 Å². The number of rotatable bonds is 3. The molecule has 0 atom stereocenters. The van der Waals surface area contributed by atoms with Crippen molar-refractivity contribution in [3.63, 3.8) is 0 Å². The van der Waals surface area contributed by atoms with Crippen molar-refractivity contribution in [3.8, 4) is 0 Å². The third kappa shape index (κ3) is 2.03. The highest BCUT2D eigenvalue weighted by Gasteiger charge is 2.24. The molecule has 2 heterocycles. The summed E-state index contributed by atoms with van der Waals surface area (Å²) < 4.78 is 1.86. The molecule has 0 saturated heterocycles. The number of fused-ring (bicyclic) bond motifs is 1. The van der Waals surface area contributed by atoms with Crippen molar-refractivity contribution in [2.24, 2.45) is 7.05 Å². The van der Waals surface area contributed by atoms with Gasteiger partial charge in [0.2, 0.25) is 0 Å². The Kier molecular flexibility index (Phi) is 2.85. The zero-order valence-corrected chi connectivity index (χ0v) is 11.3. The first kappa shape index (κ1) is 12.0. The lowest BCUT2D eigenvalue weighted by molar-refractivity contribution is 0.420. The van der Waals surface area contributed by atoms with Crippen molar-refractivity contribution < 1.29 is 0 Å². The molecule has 0 bridgehead atoms. The summed E-state index contributed by atoms with van der Waals surface area (Å²) in [6.45, 7) is 3.72. The van der Waals surface area contributed by atoms with Crippen molar-refractivity contribution in [3.05, 3.63) is 52.8 Å². The lowest BCUT2D eigenvalue weighted by atomic mass is 10.1. The minimum atomic E-state index is 0.626. The molecule has 0 saturated carbocycles. The molecule has 0 amide bonds. The van der Waals surface area contributed by atoms with Crippen LogP contribution in [-0.2, 0) is 26.6 Å². The van der Waals surface area contributed by atoms with Gasteiger partial charge in [-0.25, -0.2) is 0 Å². The monoisotopic (exact) mass is 254 g/mol. The third-order valence-electron chi connectivity index (χ3n) is 3.64. The average Bonchev–Trinajstić information content (AvgIpc) is 2.92. The molecule has 0 fully saturated rings. The van der Waals surface area contributed by atoms with Gasteiger partial charge < -0.3 is 4.90 Å². The lowest BCUT2D eigenvalue weighted by Gasteiger charge is -2.17. The summed E-state index contributed by atoms with van der Waals surface area (Å²) in [6, 6.07) is 8.17. The molecule has 98 valence electrons. The summed E-state index contributed by atoms with van der Waals surface area (Å²) in [7, 11) is 1.95. The van der Waals surface area contributed by atoms with Crippen LogP contribution in [0.2, 0.25) is 0 Å². The van der Waals surface area contributed by atoms with Crippen LogP contribution in [0.5, 0.6) is 0 Å². The van der Waals surface area contributed by atoms with Crippen LogP contribution >= 0.6 is 0 Å². The first-order valence-corrected chi connectivity index (χ1v) is 6.62. The predicted octanol–water partition coefficient (Wildman–Crippen LogP) is 2.32. The van der Waals surface area contributed by atoms with Gasteiger partial charge in [0.25, 0.3) is 0 Å². The molecule has 4 heteroatoms. The molecule has 4 nitrogen and oxygen atoms in total. The Hall–Kier alpha value is -2.10. The molecule has 1 aliphatic rings. The summed E-state index contributed by atoms with van der Waals surface area (Å²) >= 11 is 0. The summed E-state index contributed by atoms with van der Waals surface area (Å²) in [6.07, 6.45) is 3.00. The fourth-order valence-corrected chi connectivity index (χ4v) is 2.70. The maximum atomic E-state index is 8.27. The van der Waals surface area contributed by atoms with Crippen molar-refractivity contribution in [1.29, 1.82) is 5.41 Å². The SMILES string of the molecule is CCc1nn(C)cc1CN1Cc2ccccc2C1=N. The van der Waals surface area contributed by atoms with E-state index in [9.17, 15) is 0 Å². The van der Waals surface area contributed by atoms with E-state index in [0.717, 1.165) is 30.8 Å². The summed E-state index contributed by atoms with van der Waals surface area (Å²) in [4.78, 5) is 2.11. The third-order valence-corrected chi connectivity index (χ3v) is 3.64. The van der Waals surface area contributed by atoms with Crippen LogP contribution in [0.15, 0.2) is 30.5 Å². The van der Waals surface area contributed by atoms with Gasteiger partial charge in [0, 0.05) is 37.5 Å². The number of nitrogens with zero attached hydrogens (tertiary/aromatic N) is 3. The van der Waals surface area contributed by atoms with Crippen LogP contribution in [0.3, 0.4) is 0 Å². The van der Waals surface area contributed by atoms with Crippen molar-refractivity contribution in [2.45, 2.75) is 26.4 Å². The van der Waals surface area contributed by atoms with E-state index in [1.807, 2.05) is 29.9 Å². The molecule has 1 aromatic carbocycles. The van der Waals surface area contributed by atoms with Gasteiger partial charge in [-0.05, 0) is 12.0 Å². The van der Waals surface area contributed by atoms with Crippen molar-refractivity contribution >= 4 is 5.84 Å². The Morgan fingerprint density at radius 1 is 1.32 bits per heavy atom. The molecule has 1 aromatic heterocycles. The standard InChI is InChI=1S/C15H18N4/c1-3-14-12(8-18(2)17-14)10-19-9-11-6-4-5-7-13(11)15(19)16/h4-8,16H,3,9-10H2,1-2H3.